The third kappa shape index (κ3) is 2.78. The maximum Gasteiger partial charge on any atom is 0.257 e. The average Bonchev–Trinajstić information content (AvgIpc) is 2.40. The van der Waals surface area contributed by atoms with E-state index in [0.717, 1.165) is 5.82 Å². The Bertz CT molecular complexity index is 496. The van der Waals surface area contributed by atoms with Gasteiger partial charge >= 0.3 is 0 Å². The van der Waals surface area contributed by atoms with Crippen LogP contribution in [0.5, 0.6) is 0 Å². The first kappa shape index (κ1) is 11.1. The summed E-state index contributed by atoms with van der Waals surface area (Å²) in [6.07, 6.45) is 4.78. The maximum atomic E-state index is 11.8. The second-order valence-corrected chi connectivity index (χ2v) is 3.37. The number of hydrogen-bond acceptors (Lipinski definition) is 4. The van der Waals surface area contributed by atoms with Gasteiger partial charge in [0, 0.05) is 31.3 Å². The van der Waals surface area contributed by atoms with Gasteiger partial charge in [-0.25, -0.2) is 4.98 Å². The van der Waals surface area contributed by atoms with Crippen LogP contribution < -0.4 is 10.6 Å². The van der Waals surface area contributed by atoms with Crippen molar-refractivity contribution >= 4 is 17.4 Å². The van der Waals surface area contributed by atoms with E-state index in [1.165, 1.54) is 6.20 Å². The molecule has 0 bridgehead atoms. The number of aromatic nitrogens is 2. The van der Waals surface area contributed by atoms with Crippen LogP contribution in [0.2, 0.25) is 0 Å². The molecule has 0 fully saturated rings. The Balaban J connectivity index is 2.09. The van der Waals surface area contributed by atoms with E-state index in [1.807, 2.05) is 0 Å². The molecule has 0 saturated heterocycles. The van der Waals surface area contributed by atoms with Crippen molar-refractivity contribution in [2.24, 2.45) is 0 Å². The molecule has 17 heavy (non-hydrogen) atoms. The molecule has 2 N–H and O–H groups in total. The van der Waals surface area contributed by atoms with Gasteiger partial charge in [0.05, 0.1) is 5.56 Å². The van der Waals surface area contributed by atoms with Gasteiger partial charge in [0.2, 0.25) is 0 Å². The fraction of sp³-hybridized carbons (Fsp3) is 0.0833. The van der Waals surface area contributed by atoms with Crippen LogP contribution in [-0.4, -0.2) is 22.9 Å². The monoisotopic (exact) mass is 228 g/mol. The number of carbonyl (C=O) groups excluding carboxylic acids is 1. The molecule has 0 aliphatic rings. The summed E-state index contributed by atoms with van der Waals surface area (Å²) < 4.78 is 0. The van der Waals surface area contributed by atoms with E-state index >= 15 is 0 Å². The van der Waals surface area contributed by atoms with Crippen molar-refractivity contribution in [2.75, 3.05) is 17.7 Å². The lowest BCUT2D eigenvalue weighted by molar-refractivity contribution is 0.102. The Morgan fingerprint density at radius 2 is 1.94 bits per heavy atom. The standard InChI is InChI=1S/C12H12N4O/c1-13-11-3-2-9(8-15-11)12(17)16-10-4-6-14-7-5-10/h2-8H,1H3,(H,13,15)(H,14,16,17). The third-order valence-corrected chi connectivity index (χ3v) is 2.22. The normalized spacial score (nSPS) is 9.71. The van der Waals surface area contributed by atoms with Crippen molar-refractivity contribution in [3.8, 4) is 0 Å². The molecule has 0 spiro atoms. The maximum absolute atomic E-state index is 11.8. The largest absolute Gasteiger partial charge is 0.373 e. The van der Waals surface area contributed by atoms with E-state index < -0.39 is 0 Å². The Morgan fingerprint density at radius 3 is 2.53 bits per heavy atom. The van der Waals surface area contributed by atoms with E-state index in [9.17, 15) is 4.79 Å². The number of anilines is 2. The van der Waals surface area contributed by atoms with Gasteiger partial charge in [0.1, 0.15) is 5.82 Å². The van der Waals surface area contributed by atoms with Gasteiger partial charge in [-0.1, -0.05) is 0 Å². The number of nitrogens with zero attached hydrogens (tertiary/aromatic N) is 2. The minimum atomic E-state index is -0.189. The summed E-state index contributed by atoms with van der Waals surface area (Å²) in [5, 5.41) is 5.65. The first-order valence-corrected chi connectivity index (χ1v) is 5.15. The Kier molecular flexibility index (Phi) is 3.30. The molecule has 0 aromatic carbocycles. The van der Waals surface area contributed by atoms with Gasteiger partial charge in [-0.15, -0.1) is 0 Å². The van der Waals surface area contributed by atoms with Crippen LogP contribution in [0.4, 0.5) is 11.5 Å². The fourth-order valence-electron chi connectivity index (χ4n) is 1.31. The lowest BCUT2D eigenvalue weighted by Crippen LogP contribution is -2.12. The zero-order valence-electron chi connectivity index (χ0n) is 9.34. The van der Waals surface area contributed by atoms with Crippen LogP contribution in [0.25, 0.3) is 0 Å². The van der Waals surface area contributed by atoms with Crippen LogP contribution in [-0.2, 0) is 0 Å². The van der Waals surface area contributed by atoms with Gasteiger partial charge in [0.25, 0.3) is 5.91 Å². The van der Waals surface area contributed by atoms with Crippen molar-refractivity contribution in [2.45, 2.75) is 0 Å². The first-order valence-electron chi connectivity index (χ1n) is 5.15. The summed E-state index contributed by atoms with van der Waals surface area (Å²) in [5.74, 6) is 0.539. The van der Waals surface area contributed by atoms with Crippen LogP contribution in [0, 0.1) is 0 Å². The van der Waals surface area contributed by atoms with Gasteiger partial charge in [-0.05, 0) is 24.3 Å². The van der Waals surface area contributed by atoms with Crippen LogP contribution >= 0.6 is 0 Å². The molecule has 5 heteroatoms. The Labute approximate surface area is 98.9 Å². The van der Waals surface area contributed by atoms with Crippen molar-refractivity contribution in [3.05, 3.63) is 48.4 Å². The van der Waals surface area contributed by atoms with Crippen molar-refractivity contribution in [3.63, 3.8) is 0 Å². The predicted molar refractivity (Wildman–Crippen MR) is 66.0 cm³/mol. The van der Waals surface area contributed by atoms with Gasteiger partial charge in [-0.2, -0.15) is 0 Å². The zero-order valence-corrected chi connectivity index (χ0v) is 9.34. The highest BCUT2D eigenvalue weighted by molar-refractivity contribution is 6.04. The SMILES string of the molecule is CNc1ccc(C(=O)Nc2ccncc2)cn1. The Morgan fingerprint density at radius 1 is 1.18 bits per heavy atom. The molecule has 0 aliphatic heterocycles. The molecule has 0 saturated carbocycles. The highest BCUT2D eigenvalue weighted by Crippen LogP contribution is 2.08. The van der Waals surface area contributed by atoms with Gasteiger partial charge < -0.3 is 10.6 Å². The number of hydrogen-bond donors (Lipinski definition) is 2. The van der Waals surface area contributed by atoms with E-state index in [1.54, 1.807) is 43.7 Å². The molecule has 2 heterocycles. The molecule has 2 aromatic rings. The number of amides is 1. The molecular formula is C12H12N4O. The lowest BCUT2D eigenvalue weighted by atomic mass is 10.2. The molecule has 5 nitrogen and oxygen atoms in total. The smallest absolute Gasteiger partial charge is 0.257 e. The van der Waals surface area contributed by atoms with Crippen LogP contribution in [0.1, 0.15) is 10.4 Å². The molecular weight excluding hydrogens is 216 g/mol. The second-order valence-electron chi connectivity index (χ2n) is 3.37. The van der Waals surface area contributed by atoms with Crippen molar-refractivity contribution < 1.29 is 4.79 Å². The number of rotatable bonds is 3. The van der Waals surface area contributed by atoms with Crippen LogP contribution in [0.15, 0.2) is 42.9 Å². The molecule has 2 aromatic heterocycles. The predicted octanol–water partition coefficient (Wildman–Crippen LogP) is 1.77. The fourth-order valence-corrected chi connectivity index (χ4v) is 1.31. The second kappa shape index (κ2) is 5.07. The molecule has 0 unspecified atom stereocenters. The first-order chi connectivity index (χ1) is 8.29. The van der Waals surface area contributed by atoms with E-state index in [-0.39, 0.29) is 5.91 Å². The van der Waals surface area contributed by atoms with Crippen molar-refractivity contribution in [1.29, 1.82) is 0 Å². The molecule has 0 atom stereocenters. The minimum Gasteiger partial charge on any atom is -0.373 e. The summed E-state index contributed by atoms with van der Waals surface area (Å²) in [6.45, 7) is 0. The highest BCUT2D eigenvalue weighted by atomic mass is 16.1. The van der Waals surface area contributed by atoms with E-state index in [4.69, 9.17) is 0 Å². The number of pyridine rings is 2. The summed E-state index contributed by atoms with van der Waals surface area (Å²) in [7, 11) is 1.78. The summed E-state index contributed by atoms with van der Waals surface area (Å²) in [5.41, 5.74) is 1.23. The van der Waals surface area contributed by atoms with E-state index in [0.29, 0.717) is 11.3 Å². The Hall–Kier alpha value is -2.43. The summed E-state index contributed by atoms with van der Waals surface area (Å²) in [6, 6.07) is 6.93. The zero-order chi connectivity index (χ0) is 12.1. The molecule has 0 aliphatic carbocycles. The molecule has 1 amide bonds. The molecule has 2 rings (SSSR count). The van der Waals surface area contributed by atoms with E-state index in [2.05, 4.69) is 20.6 Å². The summed E-state index contributed by atoms with van der Waals surface area (Å²) >= 11 is 0. The lowest BCUT2D eigenvalue weighted by Gasteiger charge is -2.05. The third-order valence-electron chi connectivity index (χ3n) is 2.22. The topological polar surface area (TPSA) is 66.9 Å². The molecule has 86 valence electrons. The average molecular weight is 228 g/mol. The molecule has 0 radical (unpaired) electrons. The number of nitrogens with one attached hydrogen (secondary N) is 2. The van der Waals surface area contributed by atoms with Gasteiger partial charge in [-0.3, -0.25) is 9.78 Å². The highest BCUT2D eigenvalue weighted by Gasteiger charge is 2.05. The number of carbonyl (C=O) groups is 1. The van der Waals surface area contributed by atoms with Gasteiger partial charge in [0.15, 0.2) is 0 Å². The van der Waals surface area contributed by atoms with Crippen molar-refractivity contribution in [1.82, 2.24) is 9.97 Å². The summed E-state index contributed by atoms with van der Waals surface area (Å²) in [4.78, 5) is 19.8. The minimum absolute atomic E-state index is 0.189. The quantitative estimate of drug-likeness (QED) is 0.840. The van der Waals surface area contributed by atoms with Crippen LogP contribution in [0.3, 0.4) is 0 Å².